The summed E-state index contributed by atoms with van der Waals surface area (Å²) in [5.74, 6) is -0.297. The average molecular weight is 348 g/mol. The second-order valence-electron chi connectivity index (χ2n) is 6.36. The third kappa shape index (κ3) is 4.14. The van der Waals surface area contributed by atoms with Crippen LogP contribution < -0.4 is 4.74 Å². The van der Waals surface area contributed by atoms with Crippen LogP contribution in [0.25, 0.3) is 0 Å². The SMILES string of the molecule is COc1ccc(CCC(=O)N2CCC(O)(Cn3ccnn3)C2)cc1F. The van der Waals surface area contributed by atoms with Crippen LogP contribution in [0.3, 0.4) is 0 Å². The van der Waals surface area contributed by atoms with Crippen molar-refractivity contribution in [1.82, 2.24) is 19.9 Å². The molecule has 0 bridgehead atoms. The summed E-state index contributed by atoms with van der Waals surface area (Å²) in [6, 6.07) is 4.69. The van der Waals surface area contributed by atoms with Crippen LogP contribution in [0.15, 0.2) is 30.6 Å². The zero-order valence-corrected chi connectivity index (χ0v) is 14.1. The maximum absolute atomic E-state index is 13.7. The molecule has 134 valence electrons. The Morgan fingerprint density at radius 3 is 3.00 bits per heavy atom. The topological polar surface area (TPSA) is 80.5 Å². The maximum atomic E-state index is 13.7. The summed E-state index contributed by atoms with van der Waals surface area (Å²) in [5, 5.41) is 18.2. The van der Waals surface area contributed by atoms with Gasteiger partial charge in [0, 0.05) is 19.2 Å². The molecule has 1 unspecified atom stereocenters. The molecule has 0 saturated carbocycles. The third-order valence-electron chi connectivity index (χ3n) is 4.46. The molecule has 3 rings (SSSR count). The van der Waals surface area contributed by atoms with Gasteiger partial charge >= 0.3 is 0 Å². The molecule has 0 spiro atoms. The number of carbonyl (C=O) groups is 1. The van der Waals surface area contributed by atoms with Crippen LogP contribution >= 0.6 is 0 Å². The highest BCUT2D eigenvalue weighted by Crippen LogP contribution is 2.24. The van der Waals surface area contributed by atoms with E-state index in [2.05, 4.69) is 10.3 Å². The molecule has 2 aromatic rings. The van der Waals surface area contributed by atoms with E-state index in [9.17, 15) is 14.3 Å². The number of methoxy groups -OCH3 is 1. The lowest BCUT2D eigenvalue weighted by molar-refractivity contribution is -0.131. The molecule has 1 N–H and O–H groups in total. The number of hydrogen-bond donors (Lipinski definition) is 1. The number of carbonyl (C=O) groups excluding carboxylic acids is 1. The molecule has 1 fully saturated rings. The molecule has 8 heteroatoms. The van der Waals surface area contributed by atoms with Gasteiger partial charge in [-0.25, -0.2) is 9.07 Å². The van der Waals surface area contributed by atoms with Crippen molar-refractivity contribution in [3.63, 3.8) is 0 Å². The summed E-state index contributed by atoms with van der Waals surface area (Å²) >= 11 is 0. The first-order valence-corrected chi connectivity index (χ1v) is 8.16. The lowest BCUT2D eigenvalue weighted by atomic mass is 10.0. The van der Waals surface area contributed by atoms with Crippen molar-refractivity contribution < 1.29 is 19.0 Å². The molecule has 1 aromatic heterocycles. The average Bonchev–Trinajstić information content (AvgIpc) is 3.23. The molecule has 1 atom stereocenters. The van der Waals surface area contributed by atoms with Crippen LogP contribution in [0, 0.1) is 5.82 Å². The minimum Gasteiger partial charge on any atom is -0.494 e. The summed E-state index contributed by atoms with van der Waals surface area (Å²) in [4.78, 5) is 14.0. The van der Waals surface area contributed by atoms with Gasteiger partial charge in [-0.2, -0.15) is 0 Å². The lowest BCUT2D eigenvalue weighted by Gasteiger charge is -2.23. The highest BCUT2D eigenvalue weighted by atomic mass is 19.1. The number of aryl methyl sites for hydroxylation is 1. The van der Waals surface area contributed by atoms with Crippen molar-refractivity contribution in [2.75, 3.05) is 20.2 Å². The number of likely N-dealkylation sites (tertiary alicyclic amines) is 1. The standard InChI is InChI=1S/C17H21FN4O3/c1-25-15-4-2-13(10-14(15)18)3-5-16(23)21-8-6-17(24,11-21)12-22-9-7-19-20-22/h2,4,7,9-10,24H,3,5-6,8,11-12H2,1H3. The minimum atomic E-state index is -0.990. The summed E-state index contributed by atoms with van der Waals surface area (Å²) in [6.07, 6.45) is 4.44. The molecule has 0 aliphatic carbocycles. The number of ether oxygens (including phenoxy) is 1. The number of nitrogens with zero attached hydrogens (tertiary/aromatic N) is 4. The van der Waals surface area contributed by atoms with Crippen molar-refractivity contribution >= 4 is 5.91 Å². The number of rotatable bonds is 6. The summed E-state index contributed by atoms with van der Waals surface area (Å²) in [5.41, 5.74) is -0.251. The van der Waals surface area contributed by atoms with Gasteiger partial charge in [0.2, 0.25) is 5.91 Å². The van der Waals surface area contributed by atoms with Gasteiger partial charge in [0.25, 0.3) is 0 Å². The van der Waals surface area contributed by atoms with Gasteiger partial charge in [0.05, 0.1) is 26.4 Å². The van der Waals surface area contributed by atoms with Crippen LogP contribution in [0.4, 0.5) is 4.39 Å². The van der Waals surface area contributed by atoms with Crippen LogP contribution in [-0.2, 0) is 17.8 Å². The molecular weight excluding hydrogens is 327 g/mol. The van der Waals surface area contributed by atoms with Gasteiger partial charge in [0.1, 0.15) is 5.60 Å². The fourth-order valence-corrected chi connectivity index (χ4v) is 3.09. The quantitative estimate of drug-likeness (QED) is 0.843. The molecular formula is C17H21FN4O3. The van der Waals surface area contributed by atoms with Gasteiger partial charge < -0.3 is 14.7 Å². The van der Waals surface area contributed by atoms with Crippen molar-refractivity contribution in [2.45, 2.75) is 31.4 Å². The van der Waals surface area contributed by atoms with Crippen molar-refractivity contribution in [3.05, 3.63) is 42.0 Å². The molecule has 1 saturated heterocycles. The smallest absolute Gasteiger partial charge is 0.223 e. The monoisotopic (exact) mass is 348 g/mol. The van der Waals surface area contributed by atoms with Crippen molar-refractivity contribution in [2.24, 2.45) is 0 Å². The number of β-amino-alcohol motifs (C(OH)–C–C–N with tert-alkyl or cyclic N) is 1. The highest BCUT2D eigenvalue weighted by Gasteiger charge is 2.38. The van der Waals surface area contributed by atoms with E-state index in [1.807, 2.05) is 0 Å². The molecule has 7 nitrogen and oxygen atoms in total. The van der Waals surface area contributed by atoms with E-state index in [0.717, 1.165) is 5.56 Å². The highest BCUT2D eigenvalue weighted by molar-refractivity contribution is 5.77. The van der Waals surface area contributed by atoms with Gasteiger partial charge in [-0.05, 0) is 30.5 Å². The number of amides is 1. The van der Waals surface area contributed by atoms with E-state index >= 15 is 0 Å². The van der Waals surface area contributed by atoms with Gasteiger partial charge in [-0.15, -0.1) is 5.10 Å². The summed E-state index contributed by atoms with van der Waals surface area (Å²) in [6.45, 7) is 1.07. The van der Waals surface area contributed by atoms with Gasteiger partial charge in [0.15, 0.2) is 11.6 Å². The molecule has 2 heterocycles. The Labute approximate surface area is 145 Å². The lowest BCUT2D eigenvalue weighted by Crippen LogP contribution is -2.39. The van der Waals surface area contributed by atoms with E-state index < -0.39 is 11.4 Å². The number of hydrogen-bond acceptors (Lipinski definition) is 5. The number of halogens is 1. The summed E-state index contributed by atoms with van der Waals surface area (Å²) in [7, 11) is 1.41. The molecule has 1 aliphatic heterocycles. The summed E-state index contributed by atoms with van der Waals surface area (Å²) < 4.78 is 20.1. The second-order valence-corrected chi connectivity index (χ2v) is 6.36. The zero-order chi connectivity index (χ0) is 17.9. The minimum absolute atomic E-state index is 0.0502. The Hall–Kier alpha value is -2.48. The molecule has 0 radical (unpaired) electrons. The second kappa shape index (κ2) is 7.18. The van der Waals surface area contributed by atoms with Crippen LogP contribution in [0.1, 0.15) is 18.4 Å². The fourth-order valence-electron chi connectivity index (χ4n) is 3.09. The Bertz CT molecular complexity index is 737. The molecule has 25 heavy (non-hydrogen) atoms. The Kier molecular flexibility index (Phi) is 4.98. The first kappa shape index (κ1) is 17.3. The van der Waals surface area contributed by atoms with Crippen molar-refractivity contribution in [3.8, 4) is 5.75 Å². The van der Waals surface area contributed by atoms with Crippen LogP contribution in [-0.4, -0.2) is 56.7 Å². The number of aromatic nitrogens is 3. The Morgan fingerprint density at radius 1 is 1.48 bits per heavy atom. The Balaban J connectivity index is 1.53. The van der Waals surface area contributed by atoms with Crippen LogP contribution in [0.5, 0.6) is 5.75 Å². The van der Waals surface area contributed by atoms with Gasteiger partial charge in [-0.3, -0.25) is 4.79 Å². The maximum Gasteiger partial charge on any atom is 0.223 e. The van der Waals surface area contributed by atoms with E-state index in [-0.39, 0.29) is 24.6 Å². The predicted octanol–water partition coefficient (Wildman–Crippen LogP) is 1.02. The fraction of sp³-hybridized carbons (Fsp3) is 0.471. The van der Waals surface area contributed by atoms with Gasteiger partial charge in [-0.1, -0.05) is 11.3 Å². The molecule has 1 amide bonds. The number of aliphatic hydroxyl groups is 1. The van der Waals surface area contributed by atoms with E-state index in [0.29, 0.717) is 25.9 Å². The van der Waals surface area contributed by atoms with Crippen molar-refractivity contribution in [1.29, 1.82) is 0 Å². The number of benzene rings is 1. The van der Waals surface area contributed by atoms with Crippen LogP contribution in [0.2, 0.25) is 0 Å². The van der Waals surface area contributed by atoms with E-state index in [1.54, 1.807) is 34.1 Å². The normalized spacial score (nSPS) is 20.0. The largest absolute Gasteiger partial charge is 0.494 e. The van der Waals surface area contributed by atoms with E-state index in [4.69, 9.17) is 4.74 Å². The van der Waals surface area contributed by atoms with E-state index in [1.165, 1.54) is 13.2 Å². The zero-order valence-electron chi connectivity index (χ0n) is 14.1. The first-order valence-electron chi connectivity index (χ1n) is 8.16. The Morgan fingerprint density at radius 2 is 2.32 bits per heavy atom. The first-order chi connectivity index (χ1) is 12.0. The third-order valence-corrected chi connectivity index (χ3v) is 4.46. The molecule has 1 aromatic carbocycles. The molecule has 1 aliphatic rings. The predicted molar refractivity (Wildman–Crippen MR) is 87.4 cm³/mol.